The molecule has 0 saturated carbocycles. The lowest BCUT2D eigenvalue weighted by Gasteiger charge is -2.06. The Morgan fingerprint density at radius 1 is 0.232 bits per heavy atom. The Hall–Kier alpha value is -1.06. The van der Waals surface area contributed by atoms with Crippen LogP contribution in [-0.2, 0) is 19.1 Å². The van der Waals surface area contributed by atoms with Crippen molar-refractivity contribution in [2.75, 3.05) is 13.2 Å². The Morgan fingerprint density at radius 2 is 0.393 bits per heavy atom. The van der Waals surface area contributed by atoms with Gasteiger partial charge >= 0.3 is 11.9 Å². The fourth-order valence-electron chi connectivity index (χ4n) is 8.12. The van der Waals surface area contributed by atoms with Crippen LogP contribution >= 0.6 is 0 Å². The molecular weight excluding hydrogens is 689 g/mol. The summed E-state index contributed by atoms with van der Waals surface area (Å²) < 4.78 is 10.9. The van der Waals surface area contributed by atoms with Crippen LogP contribution in [-0.4, -0.2) is 25.2 Å². The van der Waals surface area contributed by atoms with E-state index >= 15 is 0 Å². The largest absolute Gasteiger partial charge is 0.466 e. The smallest absolute Gasteiger partial charge is 0.305 e. The predicted octanol–water partition coefficient (Wildman–Crippen LogP) is 18.1. The average Bonchev–Trinajstić information content (AvgIpc) is 3.20. The van der Waals surface area contributed by atoms with Crippen LogP contribution in [0.3, 0.4) is 0 Å². The van der Waals surface area contributed by atoms with Crippen LogP contribution in [0.15, 0.2) is 0 Å². The summed E-state index contributed by atoms with van der Waals surface area (Å²) in [5.41, 5.74) is 0. The van der Waals surface area contributed by atoms with Crippen molar-refractivity contribution in [1.29, 1.82) is 0 Å². The molecule has 0 amide bonds. The number of esters is 2. The summed E-state index contributed by atoms with van der Waals surface area (Å²) in [7, 11) is 0. The van der Waals surface area contributed by atoms with Gasteiger partial charge in [-0.05, 0) is 25.7 Å². The summed E-state index contributed by atoms with van der Waals surface area (Å²) in [4.78, 5) is 24.1. The van der Waals surface area contributed by atoms with Crippen LogP contribution in [0.1, 0.15) is 309 Å². The lowest BCUT2D eigenvalue weighted by molar-refractivity contribution is -0.144. The molecule has 56 heavy (non-hydrogen) atoms. The third-order valence-corrected chi connectivity index (χ3v) is 12.0. The van der Waals surface area contributed by atoms with Crippen LogP contribution in [0, 0.1) is 0 Å². The normalized spacial score (nSPS) is 11.4. The molecule has 0 heterocycles. The van der Waals surface area contributed by atoms with E-state index in [1.165, 1.54) is 231 Å². The molecule has 4 nitrogen and oxygen atoms in total. The maximum absolute atomic E-state index is 12.1. The van der Waals surface area contributed by atoms with Crippen LogP contribution < -0.4 is 0 Å². The first-order valence-corrected chi connectivity index (χ1v) is 26.0. The number of hydrogen-bond donors (Lipinski definition) is 0. The fourth-order valence-corrected chi connectivity index (χ4v) is 8.12. The van der Waals surface area contributed by atoms with Crippen LogP contribution in [0.2, 0.25) is 0 Å². The molecule has 0 unspecified atom stereocenters. The van der Waals surface area contributed by atoms with Gasteiger partial charge in [0.15, 0.2) is 0 Å². The maximum atomic E-state index is 12.1. The summed E-state index contributed by atoms with van der Waals surface area (Å²) in [6, 6.07) is 0. The van der Waals surface area contributed by atoms with Gasteiger partial charge in [-0.2, -0.15) is 0 Å². The molecule has 0 N–H and O–H groups in total. The topological polar surface area (TPSA) is 52.6 Å². The summed E-state index contributed by atoms with van der Waals surface area (Å²) in [5, 5.41) is 0. The molecule has 0 aliphatic rings. The zero-order valence-corrected chi connectivity index (χ0v) is 38.6. The first-order chi connectivity index (χ1) is 27.7. The van der Waals surface area contributed by atoms with Crippen molar-refractivity contribution in [2.45, 2.75) is 309 Å². The SMILES string of the molecule is CCCCCCCCCCCCCCCCCCCCCOC(=O)CCCCCCCCC(=O)OCCCCCCCCCCCCCCCCCCCCC. The molecule has 0 rings (SSSR count). The molecule has 0 bridgehead atoms. The van der Waals surface area contributed by atoms with Crippen molar-refractivity contribution in [2.24, 2.45) is 0 Å². The average molecular weight is 791 g/mol. The molecule has 0 atom stereocenters. The lowest BCUT2D eigenvalue weighted by atomic mass is 10.0. The number of hydrogen-bond acceptors (Lipinski definition) is 4. The summed E-state index contributed by atoms with van der Waals surface area (Å²) in [6.07, 6.45) is 59.6. The van der Waals surface area contributed by atoms with Gasteiger partial charge in [0.2, 0.25) is 0 Å². The van der Waals surface area contributed by atoms with E-state index in [0.717, 1.165) is 51.4 Å². The van der Waals surface area contributed by atoms with Gasteiger partial charge in [-0.1, -0.05) is 271 Å². The van der Waals surface area contributed by atoms with Crippen LogP contribution in [0.25, 0.3) is 0 Å². The highest BCUT2D eigenvalue weighted by Crippen LogP contribution is 2.17. The van der Waals surface area contributed by atoms with Crippen molar-refractivity contribution in [3.05, 3.63) is 0 Å². The minimum Gasteiger partial charge on any atom is -0.466 e. The van der Waals surface area contributed by atoms with E-state index in [2.05, 4.69) is 13.8 Å². The fraction of sp³-hybridized carbons (Fsp3) is 0.962. The van der Waals surface area contributed by atoms with Gasteiger partial charge in [0, 0.05) is 12.8 Å². The molecule has 0 aliphatic carbocycles. The van der Waals surface area contributed by atoms with E-state index < -0.39 is 0 Å². The van der Waals surface area contributed by atoms with E-state index in [9.17, 15) is 9.59 Å². The lowest BCUT2D eigenvalue weighted by Crippen LogP contribution is -2.06. The van der Waals surface area contributed by atoms with Crippen molar-refractivity contribution < 1.29 is 19.1 Å². The van der Waals surface area contributed by atoms with E-state index in [-0.39, 0.29) is 11.9 Å². The predicted molar refractivity (Wildman–Crippen MR) is 246 cm³/mol. The van der Waals surface area contributed by atoms with Crippen LogP contribution in [0.4, 0.5) is 0 Å². The van der Waals surface area contributed by atoms with Gasteiger partial charge in [-0.25, -0.2) is 0 Å². The number of rotatable bonds is 49. The maximum Gasteiger partial charge on any atom is 0.305 e. The van der Waals surface area contributed by atoms with E-state index in [1.807, 2.05) is 0 Å². The zero-order chi connectivity index (χ0) is 40.5. The van der Waals surface area contributed by atoms with E-state index in [1.54, 1.807) is 0 Å². The number of ether oxygens (including phenoxy) is 2. The number of carbonyl (C=O) groups excluding carboxylic acids is 2. The standard InChI is InChI=1S/C52H102O4/c1-3-5-7-9-11-13-15-17-19-21-23-25-27-29-31-33-37-41-45-49-55-51(53)47-43-39-35-36-40-44-48-52(54)56-50-46-42-38-34-32-30-28-26-24-22-20-18-16-14-12-10-8-6-4-2/h3-50H2,1-2H3. The van der Waals surface area contributed by atoms with Gasteiger partial charge in [0.05, 0.1) is 13.2 Å². The molecular formula is C52H102O4. The van der Waals surface area contributed by atoms with Crippen molar-refractivity contribution in [3.8, 4) is 0 Å². The second-order valence-corrected chi connectivity index (χ2v) is 17.8. The summed E-state index contributed by atoms with van der Waals surface area (Å²) in [5.74, 6) is -0.0552. The van der Waals surface area contributed by atoms with Crippen molar-refractivity contribution in [3.63, 3.8) is 0 Å². The molecule has 0 aromatic carbocycles. The molecule has 0 radical (unpaired) electrons. The second kappa shape index (κ2) is 50.1. The Morgan fingerprint density at radius 3 is 0.589 bits per heavy atom. The first kappa shape index (κ1) is 54.9. The highest BCUT2D eigenvalue weighted by molar-refractivity contribution is 5.69. The van der Waals surface area contributed by atoms with Gasteiger partial charge in [0.1, 0.15) is 0 Å². The van der Waals surface area contributed by atoms with Crippen LogP contribution in [0.5, 0.6) is 0 Å². The van der Waals surface area contributed by atoms with Gasteiger partial charge < -0.3 is 9.47 Å². The van der Waals surface area contributed by atoms with Gasteiger partial charge in [-0.15, -0.1) is 0 Å². The monoisotopic (exact) mass is 791 g/mol. The molecule has 334 valence electrons. The molecule has 0 spiro atoms. The zero-order valence-electron chi connectivity index (χ0n) is 38.6. The number of carbonyl (C=O) groups is 2. The molecule has 0 aliphatic heterocycles. The second-order valence-electron chi connectivity index (χ2n) is 17.8. The Balaban J connectivity index is 3.23. The minimum absolute atomic E-state index is 0.0276. The van der Waals surface area contributed by atoms with Gasteiger partial charge in [0.25, 0.3) is 0 Å². The first-order valence-electron chi connectivity index (χ1n) is 26.0. The third-order valence-electron chi connectivity index (χ3n) is 12.0. The van der Waals surface area contributed by atoms with Gasteiger partial charge in [-0.3, -0.25) is 9.59 Å². The highest BCUT2D eigenvalue weighted by Gasteiger charge is 2.05. The Bertz CT molecular complexity index is 689. The molecule has 0 saturated heterocycles. The molecule has 4 heteroatoms. The molecule has 0 aromatic heterocycles. The quantitative estimate of drug-likeness (QED) is 0.0455. The minimum atomic E-state index is -0.0276. The Labute approximate surface area is 352 Å². The summed E-state index contributed by atoms with van der Waals surface area (Å²) >= 11 is 0. The van der Waals surface area contributed by atoms with E-state index in [0.29, 0.717) is 26.1 Å². The molecule has 0 fully saturated rings. The van der Waals surface area contributed by atoms with Crippen molar-refractivity contribution in [1.82, 2.24) is 0 Å². The van der Waals surface area contributed by atoms with Crippen molar-refractivity contribution >= 4 is 11.9 Å². The number of unbranched alkanes of at least 4 members (excludes halogenated alkanes) is 41. The highest BCUT2D eigenvalue weighted by atomic mass is 16.5. The summed E-state index contributed by atoms with van der Waals surface area (Å²) in [6.45, 7) is 5.77. The molecule has 0 aromatic rings. The third kappa shape index (κ3) is 49.1. The van der Waals surface area contributed by atoms with E-state index in [4.69, 9.17) is 9.47 Å². The Kier molecular flexibility index (Phi) is 49.1.